The molecule has 0 bridgehead atoms. The monoisotopic (exact) mass is 264 g/mol. The molecule has 0 radical (unpaired) electrons. The minimum absolute atomic E-state index is 0.0713. The molecule has 6 heteroatoms. The maximum Gasteiger partial charge on any atom is 0.279 e. The SMILES string of the molecule is CCCCCNS(=O)(=O)N1CCCC(CO)C1. The van der Waals surface area contributed by atoms with E-state index in [0.717, 1.165) is 32.1 Å². The second kappa shape index (κ2) is 7.31. The summed E-state index contributed by atoms with van der Waals surface area (Å²) in [6.07, 6.45) is 4.76. The number of rotatable bonds is 7. The first-order chi connectivity index (χ1) is 8.10. The Morgan fingerprint density at radius 1 is 1.41 bits per heavy atom. The number of nitrogens with one attached hydrogen (secondary N) is 1. The second-order valence-corrected chi connectivity index (χ2v) is 6.41. The number of hydrogen-bond donors (Lipinski definition) is 2. The van der Waals surface area contributed by atoms with Crippen molar-refractivity contribution in [1.82, 2.24) is 9.03 Å². The van der Waals surface area contributed by atoms with E-state index in [4.69, 9.17) is 5.11 Å². The van der Waals surface area contributed by atoms with Gasteiger partial charge in [0, 0.05) is 26.2 Å². The molecule has 1 unspecified atom stereocenters. The molecule has 1 fully saturated rings. The molecule has 0 aromatic carbocycles. The van der Waals surface area contributed by atoms with Gasteiger partial charge in [-0.05, 0) is 25.2 Å². The number of nitrogens with zero attached hydrogens (tertiary/aromatic N) is 1. The van der Waals surface area contributed by atoms with Gasteiger partial charge < -0.3 is 5.11 Å². The summed E-state index contributed by atoms with van der Waals surface area (Å²) in [5.41, 5.74) is 0. The lowest BCUT2D eigenvalue weighted by atomic mass is 10.0. The van der Waals surface area contributed by atoms with Crippen LogP contribution >= 0.6 is 0 Å². The average molecular weight is 264 g/mol. The Balaban J connectivity index is 2.40. The highest BCUT2D eigenvalue weighted by molar-refractivity contribution is 7.87. The fourth-order valence-electron chi connectivity index (χ4n) is 2.06. The molecule has 2 N–H and O–H groups in total. The van der Waals surface area contributed by atoms with Gasteiger partial charge in [0.2, 0.25) is 0 Å². The largest absolute Gasteiger partial charge is 0.396 e. The molecular weight excluding hydrogens is 240 g/mol. The van der Waals surface area contributed by atoms with Crippen molar-refractivity contribution in [3.8, 4) is 0 Å². The van der Waals surface area contributed by atoms with Crippen LogP contribution in [-0.4, -0.2) is 44.1 Å². The van der Waals surface area contributed by atoms with E-state index in [1.165, 1.54) is 4.31 Å². The van der Waals surface area contributed by atoms with E-state index in [1.807, 2.05) is 0 Å². The second-order valence-electron chi connectivity index (χ2n) is 4.66. The van der Waals surface area contributed by atoms with Crippen molar-refractivity contribution in [2.75, 3.05) is 26.2 Å². The van der Waals surface area contributed by atoms with Crippen LogP contribution in [0.25, 0.3) is 0 Å². The van der Waals surface area contributed by atoms with Crippen molar-refractivity contribution >= 4 is 10.2 Å². The molecule has 5 nitrogen and oxygen atoms in total. The highest BCUT2D eigenvalue weighted by Crippen LogP contribution is 2.17. The maximum absolute atomic E-state index is 11.9. The zero-order valence-electron chi connectivity index (χ0n) is 10.6. The average Bonchev–Trinajstić information content (AvgIpc) is 2.35. The van der Waals surface area contributed by atoms with Gasteiger partial charge in [-0.25, -0.2) is 4.72 Å². The van der Waals surface area contributed by atoms with Crippen molar-refractivity contribution in [1.29, 1.82) is 0 Å². The number of aliphatic hydroxyl groups is 1. The van der Waals surface area contributed by atoms with E-state index < -0.39 is 10.2 Å². The molecule has 1 heterocycles. The van der Waals surface area contributed by atoms with Crippen LogP contribution < -0.4 is 4.72 Å². The summed E-state index contributed by atoms with van der Waals surface area (Å²) in [7, 11) is -3.33. The van der Waals surface area contributed by atoms with Gasteiger partial charge in [0.15, 0.2) is 0 Å². The van der Waals surface area contributed by atoms with Crippen LogP contribution in [-0.2, 0) is 10.2 Å². The molecule has 1 aliphatic rings. The van der Waals surface area contributed by atoms with Crippen molar-refractivity contribution in [3.63, 3.8) is 0 Å². The third-order valence-electron chi connectivity index (χ3n) is 3.14. The van der Waals surface area contributed by atoms with E-state index in [0.29, 0.717) is 19.6 Å². The smallest absolute Gasteiger partial charge is 0.279 e. The molecule has 1 atom stereocenters. The molecule has 0 aromatic heterocycles. The Bertz CT molecular complexity index is 306. The third-order valence-corrected chi connectivity index (χ3v) is 4.73. The van der Waals surface area contributed by atoms with E-state index in [-0.39, 0.29) is 12.5 Å². The molecule has 0 saturated carbocycles. The van der Waals surface area contributed by atoms with Crippen LogP contribution in [0.2, 0.25) is 0 Å². The van der Waals surface area contributed by atoms with Crippen LogP contribution in [0.15, 0.2) is 0 Å². The first kappa shape index (κ1) is 14.9. The molecule has 0 spiro atoms. The molecule has 0 aliphatic carbocycles. The first-order valence-corrected chi connectivity index (χ1v) is 7.89. The van der Waals surface area contributed by atoms with Gasteiger partial charge >= 0.3 is 0 Å². The van der Waals surface area contributed by atoms with E-state index >= 15 is 0 Å². The summed E-state index contributed by atoms with van der Waals surface area (Å²) < 4.78 is 28.0. The molecule has 1 aliphatic heterocycles. The zero-order valence-corrected chi connectivity index (χ0v) is 11.4. The zero-order chi connectivity index (χ0) is 12.7. The third kappa shape index (κ3) is 4.91. The normalized spacial score (nSPS) is 22.8. The topological polar surface area (TPSA) is 69.6 Å². The summed E-state index contributed by atoms with van der Waals surface area (Å²) in [5, 5.41) is 9.08. The van der Waals surface area contributed by atoms with E-state index in [2.05, 4.69) is 11.6 Å². The molecule has 102 valence electrons. The van der Waals surface area contributed by atoms with Gasteiger partial charge in [-0.2, -0.15) is 12.7 Å². The maximum atomic E-state index is 11.9. The standard InChI is InChI=1S/C11H24N2O3S/c1-2-3-4-7-12-17(15,16)13-8-5-6-11(9-13)10-14/h11-12,14H,2-10H2,1H3. The Kier molecular flexibility index (Phi) is 6.40. The summed E-state index contributed by atoms with van der Waals surface area (Å²) in [5.74, 6) is 0.0935. The highest BCUT2D eigenvalue weighted by atomic mass is 32.2. The van der Waals surface area contributed by atoms with Gasteiger partial charge in [-0.1, -0.05) is 19.8 Å². The molecule has 0 amide bonds. The van der Waals surface area contributed by atoms with Crippen LogP contribution in [0.1, 0.15) is 39.0 Å². The van der Waals surface area contributed by atoms with E-state index in [1.54, 1.807) is 0 Å². The molecular formula is C11H24N2O3S. The lowest BCUT2D eigenvalue weighted by molar-refractivity contribution is 0.165. The minimum Gasteiger partial charge on any atom is -0.396 e. The predicted molar refractivity (Wildman–Crippen MR) is 67.8 cm³/mol. The molecule has 17 heavy (non-hydrogen) atoms. The number of aliphatic hydroxyl groups excluding tert-OH is 1. The van der Waals surface area contributed by atoms with Crippen LogP contribution in [0.5, 0.6) is 0 Å². The van der Waals surface area contributed by atoms with Gasteiger partial charge in [0.25, 0.3) is 10.2 Å². The summed E-state index contributed by atoms with van der Waals surface area (Å²) in [6, 6.07) is 0. The Labute approximate surface area is 104 Å². The van der Waals surface area contributed by atoms with Crippen molar-refractivity contribution < 1.29 is 13.5 Å². The quantitative estimate of drug-likeness (QED) is 0.666. The lowest BCUT2D eigenvalue weighted by Crippen LogP contribution is -2.46. The van der Waals surface area contributed by atoms with Crippen molar-refractivity contribution in [3.05, 3.63) is 0 Å². The van der Waals surface area contributed by atoms with Crippen LogP contribution in [0.4, 0.5) is 0 Å². The lowest BCUT2D eigenvalue weighted by Gasteiger charge is -2.30. The van der Waals surface area contributed by atoms with Gasteiger partial charge in [0.05, 0.1) is 0 Å². The Morgan fingerprint density at radius 3 is 2.82 bits per heavy atom. The van der Waals surface area contributed by atoms with Crippen molar-refractivity contribution in [2.45, 2.75) is 39.0 Å². The summed E-state index contributed by atoms with van der Waals surface area (Å²) >= 11 is 0. The highest BCUT2D eigenvalue weighted by Gasteiger charge is 2.27. The Hall–Kier alpha value is -0.170. The van der Waals surface area contributed by atoms with E-state index in [9.17, 15) is 8.42 Å². The molecule has 1 saturated heterocycles. The predicted octanol–water partition coefficient (Wildman–Crippen LogP) is 0.715. The van der Waals surface area contributed by atoms with Crippen LogP contribution in [0, 0.1) is 5.92 Å². The Morgan fingerprint density at radius 2 is 2.18 bits per heavy atom. The fourth-order valence-corrected chi connectivity index (χ4v) is 3.42. The number of unbranched alkanes of at least 4 members (excludes halogenated alkanes) is 2. The number of piperidine rings is 1. The fraction of sp³-hybridized carbons (Fsp3) is 1.00. The van der Waals surface area contributed by atoms with Gasteiger partial charge in [-0.15, -0.1) is 0 Å². The summed E-state index contributed by atoms with van der Waals surface area (Å²) in [4.78, 5) is 0. The van der Waals surface area contributed by atoms with Gasteiger partial charge in [0.1, 0.15) is 0 Å². The first-order valence-electron chi connectivity index (χ1n) is 6.45. The molecule has 0 aromatic rings. The van der Waals surface area contributed by atoms with Crippen molar-refractivity contribution in [2.24, 2.45) is 5.92 Å². The number of hydrogen-bond acceptors (Lipinski definition) is 3. The molecule has 1 rings (SSSR count). The van der Waals surface area contributed by atoms with Gasteiger partial charge in [-0.3, -0.25) is 0 Å². The van der Waals surface area contributed by atoms with Crippen LogP contribution in [0.3, 0.4) is 0 Å². The summed E-state index contributed by atoms with van der Waals surface area (Å²) in [6.45, 7) is 3.68. The minimum atomic E-state index is -3.33.